The molecule has 0 radical (unpaired) electrons. The van der Waals surface area contributed by atoms with Crippen molar-refractivity contribution in [3.05, 3.63) is 23.8 Å². The topological polar surface area (TPSA) is 47.7 Å². The summed E-state index contributed by atoms with van der Waals surface area (Å²) in [6.45, 7) is 3.31. The van der Waals surface area contributed by atoms with Crippen molar-refractivity contribution in [3.8, 4) is 0 Å². The lowest BCUT2D eigenvalue weighted by Crippen LogP contribution is -2.39. The Bertz CT molecular complexity index is 416. The molecule has 0 aliphatic heterocycles. The Hall–Kier alpha value is -1.40. The molecule has 2 N–H and O–H groups in total. The van der Waals surface area contributed by atoms with Crippen molar-refractivity contribution in [1.82, 2.24) is 0 Å². The first-order valence-corrected chi connectivity index (χ1v) is 6.43. The molecule has 0 aliphatic rings. The summed E-state index contributed by atoms with van der Waals surface area (Å²) in [4.78, 5) is 1.86. The third-order valence-electron chi connectivity index (χ3n) is 3.07. The van der Waals surface area contributed by atoms with E-state index in [1.165, 1.54) is 6.07 Å². The second kappa shape index (κ2) is 8.01. The van der Waals surface area contributed by atoms with Crippen LogP contribution >= 0.6 is 0 Å². The average molecular weight is 288 g/mol. The Balaban J connectivity index is 3.11. The molecule has 20 heavy (non-hydrogen) atoms. The summed E-state index contributed by atoms with van der Waals surface area (Å²) in [5, 5.41) is 0. The van der Waals surface area contributed by atoms with Crippen molar-refractivity contribution >= 4 is 11.4 Å². The SMILES string of the molecule is COCCN(c1ccc(N)cc1C(F)F)C(C)COC. The minimum absolute atomic E-state index is 0.0451. The van der Waals surface area contributed by atoms with Gasteiger partial charge in [-0.15, -0.1) is 0 Å². The van der Waals surface area contributed by atoms with Gasteiger partial charge in [-0.1, -0.05) is 0 Å². The van der Waals surface area contributed by atoms with Crippen LogP contribution in [0.2, 0.25) is 0 Å². The zero-order valence-corrected chi connectivity index (χ0v) is 12.1. The summed E-state index contributed by atoms with van der Waals surface area (Å²) in [5.74, 6) is 0. The quantitative estimate of drug-likeness (QED) is 0.747. The molecular formula is C14H22F2N2O2. The van der Waals surface area contributed by atoms with E-state index in [-0.39, 0.29) is 11.6 Å². The predicted octanol–water partition coefficient (Wildman–Crippen LogP) is 2.69. The molecule has 0 spiro atoms. The van der Waals surface area contributed by atoms with Gasteiger partial charge < -0.3 is 20.1 Å². The van der Waals surface area contributed by atoms with Gasteiger partial charge in [-0.3, -0.25) is 0 Å². The molecule has 0 aromatic heterocycles. The fourth-order valence-electron chi connectivity index (χ4n) is 2.11. The molecule has 0 bridgehead atoms. The molecule has 1 atom stereocenters. The lowest BCUT2D eigenvalue weighted by molar-refractivity contribution is 0.149. The summed E-state index contributed by atoms with van der Waals surface area (Å²) in [7, 11) is 3.16. The van der Waals surface area contributed by atoms with E-state index >= 15 is 0 Å². The van der Waals surface area contributed by atoms with Gasteiger partial charge in [0.25, 0.3) is 6.43 Å². The number of hydrogen-bond donors (Lipinski definition) is 1. The standard InChI is InChI=1S/C14H22F2N2O2/c1-10(9-20-3)18(6-7-19-2)13-5-4-11(17)8-12(13)14(15)16/h4-5,8,10,14H,6-7,9,17H2,1-3H3. The number of methoxy groups -OCH3 is 2. The zero-order valence-electron chi connectivity index (χ0n) is 12.1. The molecule has 1 aromatic rings. The first-order valence-electron chi connectivity index (χ1n) is 6.43. The molecule has 0 fully saturated rings. The molecule has 4 nitrogen and oxygen atoms in total. The van der Waals surface area contributed by atoms with E-state index in [0.29, 0.717) is 31.1 Å². The summed E-state index contributed by atoms with van der Waals surface area (Å²) in [6, 6.07) is 4.52. The number of hydrogen-bond acceptors (Lipinski definition) is 4. The second-order valence-corrected chi connectivity index (χ2v) is 4.61. The van der Waals surface area contributed by atoms with E-state index in [0.717, 1.165) is 0 Å². The second-order valence-electron chi connectivity index (χ2n) is 4.61. The summed E-state index contributed by atoms with van der Waals surface area (Å²) in [6.07, 6.45) is -2.58. The smallest absolute Gasteiger partial charge is 0.265 e. The molecule has 0 saturated carbocycles. The summed E-state index contributed by atoms with van der Waals surface area (Å²) in [5.41, 5.74) is 6.33. The van der Waals surface area contributed by atoms with E-state index < -0.39 is 6.43 Å². The maximum absolute atomic E-state index is 13.2. The Morgan fingerprint density at radius 3 is 2.50 bits per heavy atom. The van der Waals surface area contributed by atoms with Gasteiger partial charge in [-0.2, -0.15) is 0 Å². The van der Waals surface area contributed by atoms with E-state index in [4.69, 9.17) is 15.2 Å². The molecule has 1 unspecified atom stereocenters. The number of nitrogens with two attached hydrogens (primary N) is 1. The van der Waals surface area contributed by atoms with Crippen molar-refractivity contribution in [2.24, 2.45) is 0 Å². The zero-order chi connectivity index (χ0) is 15.1. The molecule has 6 heteroatoms. The summed E-state index contributed by atoms with van der Waals surface area (Å²) >= 11 is 0. The lowest BCUT2D eigenvalue weighted by atomic mass is 10.1. The third-order valence-corrected chi connectivity index (χ3v) is 3.07. The number of nitrogen functional groups attached to an aromatic ring is 1. The van der Waals surface area contributed by atoms with Gasteiger partial charge in [0.05, 0.1) is 13.2 Å². The Labute approximate surface area is 118 Å². The Morgan fingerprint density at radius 2 is 1.95 bits per heavy atom. The fourth-order valence-corrected chi connectivity index (χ4v) is 2.11. The predicted molar refractivity (Wildman–Crippen MR) is 76.4 cm³/mol. The largest absolute Gasteiger partial charge is 0.399 e. The van der Waals surface area contributed by atoms with Crippen molar-refractivity contribution < 1.29 is 18.3 Å². The Kier molecular flexibility index (Phi) is 6.67. The minimum Gasteiger partial charge on any atom is -0.399 e. The van der Waals surface area contributed by atoms with E-state index in [9.17, 15) is 8.78 Å². The van der Waals surface area contributed by atoms with Crippen molar-refractivity contribution in [2.75, 3.05) is 44.6 Å². The number of benzene rings is 1. The van der Waals surface area contributed by atoms with Crippen LogP contribution in [0.4, 0.5) is 20.2 Å². The third kappa shape index (κ3) is 4.31. The van der Waals surface area contributed by atoms with Crippen LogP contribution in [-0.4, -0.2) is 40.0 Å². The first kappa shape index (κ1) is 16.7. The number of ether oxygens (including phenoxy) is 2. The number of anilines is 2. The van der Waals surface area contributed by atoms with Gasteiger partial charge in [0, 0.05) is 43.7 Å². The molecule has 0 amide bonds. The number of nitrogens with zero attached hydrogens (tertiary/aromatic N) is 1. The van der Waals surface area contributed by atoms with Crippen LogP contribution in [0.3, 0.4) is 0 Å². The fraction of sp³-hybridized carbons (Fsp3) is 0.571. The van der Waals surface area contributed by atoms with Gasteiger partial charge >= 0.3 is 0 Å². The molecule has 1 aromatic carbocycles. The lowest BCUT2D eigenvalue weighted by Gasteiger charge is -2.32. The maximum atomic E-state index is 13.2. The Morgan fingerprint density at radius 1 is 1.25 bits per heavy atom. The number of halogens is 2. The van der Waals surface area contributed by atoms with E-state index in [1.807, 2.05) is 11.8 Å². The van der Waals surface area contributed by atoms with Crippen molar-refractivity contribution in [3.63, 3.8) is 0 Å². The van der Waals surface area contributed by atoms with Crippen molar-refractivity contribution in [1.29, 1.82) is 0 Å². The van der Waals surface area contributed by atoms with Crippen LogP contribution in [0.1, 0.15) is 18.9 Å². The van der Waals surface area contributed by atoms with Crippen LogP contribution in [0.25, 0.3) is 0 Å². The van der Waals surface area contributed by atoms with Gasteiger partial charge in [0.15, 0.2) is 0 Å². The molecular weight excluding hydrogens is 266 g/mol. The molecule has 0 heterocycles. The highest BCUT2D eigenvalue weighted by Gasteiger charge is 2.21. The molecule has 114 valence electrons. The van der Waals surface area contributed by atoms with Gasteiger partial charge in [-0.25, -0.2) is 8.78 Å². The average Bonchev–Trinajstić information content (AvgIpc) is 2.40. The van der Waals surface area contributed by atoms with Crippen LogP contribution < -0.4 is 10.6 Å². The normalized spacial score (nSPS) is 12.7. The van der Waals surface area contributed by atoms with Gasteiger partial charge in [0.1, 0.15) is 0 Å². The molecule has 0 aliphatic carbocycles. The van der Waals surface area contributed by atoms with Gasteiger partial charge in [-0.05, 0) is 25.1 Å². The van der Waals surface area contributed by atoms with Gasteiger partial charge in [0.2, 0.25) is 0 Å². The number of rotatable bonds is 8. The monoisotopic (exact) mass is 288 g/mol. The molecule has 0 saturated heterocycles. The highest BCUT2D eigenvalue weighted by Crippen LogP contribution is 2.32. The number of alkyl halides is 2. The van der Waals surface area contributed by atoms with Crippen LogP contribution in [0.15, 0.2) is 18.2 Å². The molecule has 1 rings (SSSR count). The first-order chi connectivity index (χ1) is 9.51. The minimum atomic E-state index is -2.58. The highest BCUT2D eigenvalue weighted by molar-refractivity contribution is 5.60. The maximum Gasteiger partial charge on any atom is 0.265 e. The van der Waals surface area contributed by atoms with E-state index in [1.54, 1.807) is 26.4 Å². The van der Waals surface area contributed by atoms with Crippen LogP contribution in [0, 0.1) is 0 Å². The summed E-state index contributed by atoms with van der Waals surface area (Å²) < 4.78 is 36.6. The highest BCUT2D eigenvalue weighted by atomic mass is 19.3. The van der Waals surface area contributed by atoms with Crippen molar-refractivity contribution in [2.45, 2.75) is 19.4 Å². The van der Waals surface area contributed by atoms with Crippen LogP contribution in [-0.2, 0) is 9.47 Å². The van der Waals surface area contributed by atoms with E-state index in [2.05, 4.69) is 0 Å². The van der Waals surface area contributed by atoms with Crippen LogP contribution in [0.5, 0.6) is 0 Å².